The highest BCUT2D eigenvalue weighted by Gasteiger charge is 2.71. The van der Waals surface area contributed by atoms with E-state index in [1.54, 1.807) is 25.2 Å². The number of amides is 3. The molecule has 1 aliphatic carbocycles. The van der Waals surface area contributed by atoms with Crippen LogP contribution >= 0.6 is 0 Å². The number of imide groups is 1. The number of allylic oxidation sites excluding steroid dienone is 1. The van der Waals surface area contributed by atoms with Gasteiger partial charge < -0.3 is 15.6 Å². The molecule has 9 rings (SSSR count). The summed E-state index contributed by atoms with van der Waals surface area (Å²) >= 11 is 0. The molecule has 1 atom stereocenters. The lowest BCUT2D eigenvalue weighted by Gasteiger charge is -2.66. The molecule has 3 aromatic rings. The number of hydrogen-bond acceptors (Lipinski definition) is 10. The van der Waals surface area contributed by atoms with Crippen molar-refractivity contribution in [3.63, 3.8) is 0 Å². The molecule has 0 bridgehead atoms. The van der Waals surface area contributed by atoms with Gasteiger partial charge in [0.05, 0.1) is 52.7 Å². The number of aryl methyl sites for hydroxylation is 1. The van der Waals surface area contributed by atoms with Crippen LogP contribution in [0, 0.1) is 23.2 Å². The van der Waals surface area contributed by atoms with Crippen LogP contribution in [-0.2, 0) is 21.4 Å². The van der Waals surface area contributed by atoms with E-state index >= 15 is 8.78 Å². The average molecular weight is 872 g/mol. The van der Waals surface area contributed by atoms with E-state index in [-0.39, 0.29) is 68.1 Å². The number of piperidine rings is 1. The van der Waals surface area contributed by atoms with Crippen molar-refractivity contribution < 1.29 is 31.9 Å². The molecule has 2 aromatic heterocycles. The molecule has 3 amide bonds. The number of anilines is 1. The highest BCUT2D eigenvalue weighted by atomic mass is 19.3. The van der Waals surface area contributed by atoms with Crippen molar-refractivity contribution in [1.29, 1.82) is 5.41 Å². The van der Waals surface area contributed by atoms with Gasteiger partial charge in [-0.15, -0.1) is 0 Å². The Morgan fingerprint density at radius 2 is 1.84 bits per heavy atom. The van der Waals surface area contributed by atoms with E-state index < -0.39 is 47.1 Å². The van der Waals surface area contributed by atoms with Crippen LogP contribution in [0.5, 0.6) is 0 Å². The Hall–Kier alpha value is -5.87. The molecular weight excluding hydrogens is 823 g/mol. The largest absolute Gasteiger partial charge is 0.357 e. The van der Waals surface area contributed by atoms with Crippen molar-refractivity contribution in [2.75, 3.05) is 51.1 Å². The van der Waals surface area contributed by atoms with Crippen LogP contribution in [0.15, 0.2) is 57.6 Å². The lowest BCUT2D eigenvalue weighted by Crippen LogP contribution is -2.87. The number of para-hydroxylation sites is 1. The number of nitrogens with zero attached hydrogens (tertiary/aromatic N) is 8. The summed E-state index contributed by atoms with van der Waals surface area (Å²) < 4.78 is 63.4. The Labute approximate surface area is 360 Å². The topological polar surface area (TPSA) is 166 Å². The van der Waals surface area contributed by atoms with Gasteiger partial charge in [-0.2, -0.15) is 5.10 Å². The van der Waals surface area contributed by atoms with Crippen molar-refractivity contribution in [3.05, 3.63) is 69.6 Å². The predicted molar refractivity (Wildman–Crippen MR) is 226 cm³/mol. The fraction of sp³-hybridized carbons (Fsp3) is 0.523. The average Bonchev–Trinajstić information content (AvgIpc) is 3.99. The van der Waals surface area contributed by atoms with Gasteiger partial charge in [-0.1, -0.05) is 24.0 Å². The van der Waals surface area contributed by atoms with Crippen molar-refractivity contribution in [3.8, 4) is 11.8 Å². The molecule has 4 saturated heterocycles. The number of fused-ring (bicyclic) bond motifs is 1. The quantitative estimate of drug-likeness (QED) is 0.0928. The number of nitrogens with one attached hydrogen (secondary N) is 3. The number of aliphatic imine (C=N–C) groups is 1. The third-order valence-corrected chi connectivity index (χ3v) is 13.6. The number of likely N-dealkylation sites (tertiary alicyclic amines) is 3. The normalized spacial score (nSPS) is 25.3. The van der Waals surface area contributed by atoms with Crippen molar-refractivity contribution >= 4 is 46.5 Å². The van der Waals surface area contributed by atoms with E-state index in [4.69, 9.17) is 5.41 Å². The zero-order valence-electron chi connectivity index (χ0n) is 34.9. The van der Waals surface area contributed by atoms with Gasteiger partial charge in [-0.05, 0) is 69.1 Å². The summed E-state index contributed by atoms with van der Waals surface area (Å²) in [4.78, 5) is 61.5. The maximum Gasteiger partial charge on any atom is 0.329 e. The molecule has 5 fully saturated rings. The van der Waals surface area contributed by atoms with Crippen LogP contribution in [0.2, 0.25) is 0 Å². The summed E-state index contributed by atoms with van der Waals surface area (Å²) in [7, 11) is 1.60. The Morgan fingerprint density at radius 3 is 2.54 bits per heavy atom. The summed E-state index contributed by atoms with van der Waals surface area (Å²) in [6, 6.07) is 4.20. The number of aromatic nitrogens is 4. The predicted octanol–water partition coefficient (Wildman–Crippen LogP) is 4.54. The fourth-order valence-electron chi connectivity index (χ4n) is 10.2. The number of rotatable bonds is 9. The summed E-state index contributed by atoms with van der Waals surface area (Å²) in [5.41, 5.74) is -0.364. The van der Waals surface area contributed by atoms with E-state index in [9.17, 15) is 28.0 Å². The molecule has 6 aliphatic rings. The molecule has 7 heterocycles. The Balaban J connectivity index is 0.805. The van der Waals surface area contributed by atoms with Gasteiger partial charge in [0.1, 0.15) is 17.4 Å². The summed E-state index contributed by atoms with van der Waals surface area (Å²) in [6.07, 6.45) is 8.49. The minimum atomic E-state index is -2.95. The van der Waals surface area contributed by atoms with Gasteiger partial charge in [0.2, 0.25) is 11.8 Å². The molecule has 332 valence electrons. The van der Waals surface area contributed by atoms with E-state index in [1.807, 2.05) is 22.0 Å². The molecule has 63 heavy (non-hydrogen) atoms. The van der Waals surface area contributed by atoms with Crippen LogP contribution in [0.25, 0.3) is 11.0 Å². The maximum absolute atomic E-state index is 15.3. The molecule has 15 nitrogen and oxygen atoms in total. The third-order valence-electron chi connectivity index (χ3n) is 13.6. The fourth-order valence-corrected chi connectivity index (χ4v) is 10.2. The zero-order valence-corrected chi connectivity index (χ0v) is 34.9. The first-order chi connectivity index (χ1) is 30.3. The Bertz CT molecular complexity index is 2580. The van der Waals surface area contributed by atoms with Gasteiger partial charge in [0.25, 0.3) is 18.3 Å². The molecule has 0 radical (unpaired) electrons. The van der Waals surface area contributed by atoms with E-state index in [1.165, 1.54) is 20.0 Å². The second kappa shape index (κ2) is 16.7. The second-order valence-corrected chi connectivity index (χ2v) is 17.5. The van der Waals surface area contributed by atoms with Gasteiger partial charge in [0, 0.05) is 65.0 Å². The molecular formula is C44H49F4N11O4. The van der Waals surface area contributed by atoms with Crippen molar-refractivity contribution in [1.82, 2.24) is 38.9 Å². The summed E-state index contributed by atoms with van der Waals surface area (Å²) in [5, 5.41) is 17.0. The van der Waals surface area contributed by atoms with Crippen LogP contribution in [-0.4, -0.2) is 121 Å². The first kappa shape index (κ1) is 42.4. The highest BCUT2D eigenvalue weighted by molar-refractivity contribution is 6.18. The number of dihydropyridines is 1. The monoisotopic (exact) mass is 871 g/mol. The number of benzene rings is 1. The highest BCUT2D eigenvalue weighted by Crippen LogP contribution is 2.51. The number of hydrogen-bond donors (Lipinski definition) is 3. The molecule has 19 heteroatoms. The Morgan fingerprint density at radius 1 is 1.08 bits per heavy atom. The smallest absolute Gasteiger partial charge is 0.329 e. The summed E-state index contributed by atoms with van der Waals surface area (Å²) in [6.45, 7) is 2.41. The first-order valence-corrected chi connectivity index (χ1v) is 21.6. The molecule has 1 unspecified atom stereocenters. The lowest BCUT2D eigenvalue weighted by molar-refractivity contribution is -0.293. The van der Waals surface area contributed by atoms with Gasteiger partial charge >= 0.3 is 5.69 Å². The maximum atomic E-state index is 15.3. The number of amidine groups is 1. The molecule has 1 saturated carbocycles. The van der Waals surface area contributed by atoms with Gasteiger partial charge in [0.15, 0.2) is 5.69 Å². The van der Waals surface area contributed by atoms with E-state index in [2.05, 4.69) is 37.5 Å². The molecule has 1 spiro atoms. The van der Waals surface area contributed by atoms with Crippen molar-refractivity contribution in [2.45, 2.75) is 87.8 Å². The van der Waals surface area contributed by atoms with E-state index in [0.717, 1.165) is 38.0 Å². The number of imidazole rings is 1. The molecule has 3 N–H and O–H groups in total. The number of carbonyl (C=O) groups is 3. The molecule has 1 aromatic carbocycles. The minimum Gasteiger partial charge on any atom is -0.357 e. The number of carbonyl (C=O) groups excluding carboxylic acids is 3. The first-order valence-electron chi connectivity index (χ1n) is 21.6. The van der Waals surface area contributed by atoms with Gasteiger partial charge in [-0.3, -0.25) is 43.3 Å². The Kier molecular flexibility index (Phi) is 11.2. The van der Waals surface area contributed by atoms with E-state index in [0.29, 0.717) is 60.9 Å². The second-order valence-electron chi connectivity index (χ2n) is 17.5. The van der Waals surface area contributed by atoms with Crippen LogP contribution in [0.4, 0.5) is 23.2 Å². The van der Waals surface area contributed by atoms with Crippen LogP contribution in [0.3, 0.4) is 0 Å². The number of alkyl halides is 4. The summed E-state index contributed by atoms with van der Waals surface area (Å²) in [5.74, 6) is 2.58. The standard InChI is InChI=1S/C44H49F4N11O4/c1-54-38-28(7-4-10-33(38)59(42(54)63)34-16-17-36(60)52-41(34)62)8-6-18-55-24-43(25-55)44(47,48)26-57(43)22-27-12-14-29(15-13-27)58-23-32(37(53-58)39(45)46)51-40(61)30(21-49)31-9-5-11-35(50-31)56-19-2-3-20-56/h4-5,7,10-11,21,23,27,29,34,39,49H,2-3,9,12-20,22,24-26H2,1H3,(H,51,61)(H,52,60,62)/b31-30-,49-21?. The third kappa shape index (κ3) is 7.70. The van der Waals surface area contributed by atoms with Gasteiger partial charge in [-0.25, -0.2) is 27.3 Å². The van der Waals surface area contributed by atoms with Crippen molar-refractivity contribution in [2.24, 2.45) is 18.0 Å². The molecule has 5 aliphatic heterocycles. The lowest BCUT2D eigenvalue weighted by atomic mass is 9.72. The minimum absolute atomic E-state index is 0.00944. The van der Waals surface area contributed by atoms with Crippen LogP contribution < -0.4 is 16.3 Å². The zero-order chi connectivity index (χ0) is 44.2. The van der Waals surface area contributed by atoms with Crippen LogP contribution in [0.1, 0.15) is 87.6 Å². The SMILES string of the molecule is Cn1c(=O)n(C2CCC(=O)NC2=O)c2cccc(C#CCN3CC4(C3)N(CC3CCC(n5cc(NC(=O)/C(C=N)=C6/CC=CC(N7CCCC7)=N6)c(C(F)F)n5)CC3)CC4(F)F)c21. The number of halogens is 4.